The average molecular weight is 437 g/mol. The first-order valence-corrected chi connectivity index (χ1v) is 12.9. The summed E-state index contributed by atoms with van der Waals surface area (Å²) < 4.78 is 51.3. The molecule has 29 heavy (non-hydrogen) atoms. The van der Waals surface area contributed by atoms with Gasteiger partial charge in [-0.3, -0.25) is 4.90 Å². The van der Waals surface area contributed by atoms with Crippen LogP contribution in [0.25, 0.3) is 0 Å². The molecule has 156 valence electrons. The zero-order chi connectivity index (χ0) is 20.6. The van der Waals surface area contributed by atoms with E-state index < -0.39 is 31.0 Å². The van der Waals surface area contributed by atoms with Crippen molar-refractivity contribution in [2.24, 2.45) is 0 Å². The molecule has 0 aliphatic carbocycles. The van der Waals surface area contributed by atoms with Gasteiger partial charge in [-0.05, 0) is 25.1 Å². The Kier molecular flexibility index (Phi) is 5.34. The maximum absolute atomic E-state index is 13.3. The molecule has 10 heteroatoms. The van der Waals surface area contributed by atoms with Crippen LogP contribution in [0, 0.1) is 6.92 Å². The number of aryl methyl sites for hydroxylation is 1. The molecule has 2 aliphatic heterocycles. The summed E-state index contributed by atoms with van der Waals surface area (Å²) in [5.41, 5.74) is 0.957. The Morgan fingerprint density at radius 3 is 2.21 bits per heavy atom. The van der Waals surface area contributed by atoms with Gasteiger partial charge in [-0.25, -0.2) is 26.8 Å². The number of piperazine rings is 1. The Morgan fingerprint density at radius 1 is 0.966 bits per heavy atom. The van der Waals surface area contributed by atoms with Crippen LogP contribution in [0.15, 0.2) is 47.6 Å². The van der Waals surface area contributed by atoms with E-state index in [0.29, 0.717) is 32.1 Å². The molecule has 3 heterocycles. The summed E-state index contributed by atoms with van der Waals surface area (Å²) >= 11 is 0. The van der Waals surface area contributed by atoms with Gasteiger partial charge in [0.2, 0.25) is 5.95 Å². The molecule has 0 bridgehead atoms. The number of hydrogen-bond acceptors (Lipinski definition) is 8. The van der Waals surface area contributed by atoms with E-state index in [9.17, 15) is 16.8 Å². The Bertz CT molecular complexity index is 1060. The predicted molar refractivity (Wildman–Crippen MR) is 110 cm³/mol. The van der Waals surface area contributed by atoms with Gasteiger partial charge < -0.3 is 4.90 Å². The van der Waals surface area contributed by atoms with Crippen LogP contribution in [0.4, 0.5) is 5.95 Å². The molecule has 8 nitrogen and oxygen atoms in total. The second-order valence-corrected chi connectivity index (χ2v) is 11.9. The fourth-order valence-corrected chi connectivity index (χ4v) is 8.87. The summed E-state index contributed by atoms with van der Waals surface area (Å²) in [6.45, 7) is 4.27. The summed E-state index contributed by atoms with van der Waals surface area (Å²) in [6.07, 6.45) is 3.37. The Morgan fingerprint density at radius 2 is 1.59 bits per heavy atom. The fraction of sp³-hybridized carbons (Fsp3) is 0.474. The lowest BCUT2D eigenvalue weighted by Gasteiger charge is -2.39. The van der Waals surface area contributed by atoms with Gasteiger partial charge in [-0.15, -0.1) is 0 Å². The first kappa shape index (κ1) is 20.2. The summed E-state index contributed by atoms with van der Waals surface area (Å²) in [5.74, 6) is 0.190. The average Bonchev–Trinajstić information content (AvgIpc) is 3.05. The van der Waals surface area contributed by atoms with E-state index in [1.54, 1.807) is 42.7 Å². The van der Waals surface area contributed by atoms with Crippen molar-refractivity contribution in [2.45, 2.75) is 23.1 Å². The summed E-state index contributed by atoms with van der Waals surface area (Å²) in [7, 11) is -7.17. The van der Waals surface area contributed by atoms with Gasteiger partial charge in [0.25, 0.3) is 0 Å². The van der Waals surface area contributed by atoms with Crippen LogP contribution in [-0.2, 0) is 19.7 Å². The monoisotopic (exact) mass is 436 g/mol. The van der Waals surface area contributed by atoms with Gasteiger partial charge in [0.1, 0.15) is 0 Å². The lowest BCUT2D eigenvalue weighted by Crippen LogP contribution is -2.55. The van der Waals surface area contributed by atoms with Crippen molar-refractivity contribution in [3.8, 4) is 0 Å². The van der Waals surface area contributed by atoms with Gasteiger partial charge in [-0.2, -0.15) is 0 Å². The Hall–Kier alpha value is -2.04. The molecule has 1 aromatic heterocycles. The molecular formula is C19H24N4O4S2. The van der Waals surface area contributed by atoms with E-state index >= 15 is 0 Å². The minimum atomic E-state index is -3.75. The minimum absolute atomic E-state index is 0.120. The molecule has 2 aliphatic rings. The van der Waals surface area contributed by atoms with Crippen molar-refractivity contribution in [3.63, 3.8) is 0 Å². The third-order valence-electron chi connectivity index (χ3n) is 5.64. The van der Waals surface area contributed by atoms with Crippen molar-refractivity contribution in [1.29, 1.82) is 0 Å². The maximum Gasteiger partial charge on any atom is 0.225 e. The molecule has 2 atom stereocenters. The highest BCUT2D eigenvalue weighted by Crippen LogP contribution is 2.30. The van der Waals surface area contributed by atoms with E-state index in [4.69, 9.17) is 0 Å². The lowest BCUT2D eigenvalue weighted by atomic mass is 10.2. The molecule has 0 amide bonds. The molecule has 2 fully saturated rings. The van der Waals surface area contributed by atoms with E-state index in [2.05, 4.69) is 9.97 Å². The zero-order valence-electron chi connectivity index (χ0n) is 16.2. The van der Waals surface area contributed by atoms with Crippen LogP contribution >= 0.6 is 0 Å². The van der Waals surface area contributed by atoms with Crippen molar-refractivity contribution in [2.75, 3.05) is 42.6 Å². The number of benzene rings is 1. The van der Waals surface area contributed by atoms with Crippen LogP contribution < -0.4 is 4.90 Å². The summed E-state index contributed by atoms with van der Waals surface area (Å²) in [5, 5.41) is -0.949. The van der Waals surface area contributed by atoms with Crippen LogP contribution in [0.1, 0.15) is 5.56 Å². The summed E-state index contributed by atoms with van der Waals surface area (Å²) in [6, 6.07) is 7.83. The second kappa shape index (κ2) is 7.66. The molecule has 0 spiro atoms. The minimum Gasteiger partial charge on any atom is -0.338 e. The quantitative estimate of drug-likeness (QED) is 0.685. The van der Waals surface area contributed by atoms with Crippen LogP contribution in [0.2, 0.25) is 0 Å². The highest BCUT2D eigenvalue weighted by molar-refractivity contribution is 7.96. The first-order valence-electron chi connectivity index (χ1n) is 9.53. The van der Waals surface area contributed by atoms with Gasteiger partial charge in [0, 0.05) is 44.6 Å². The molecule has 0 saturated carbocycles. The summed E-state index contributed by atoms with van der Waals surface area (Å²) in [4.78, 5) is 12.7. The van der Waals surface area contributed by atoms with Crippen LogP contribution in [0.3, 0.4) is 0 Å². The topological polar surface area (TPSA) is 101 Å². The number of nitrogens with zero attached hydrogens (tertiary/aromatic N) is 4. The van der Waals surface area contributed by atoms with Crippen LogP contribution in [0.5, 0.6) is 0 Å². The van der Waals surface area contributed by atoms with E-state index in [1.807, 2.05) is 16.7 Å². The van der Waals surface area contributed by atoms with E-state index in [1.165, 1.54) is 0 Å². The third kappa shape index (κ3) is 4.15. The molecule has 0 N–H and O–H groups in total. The highest BCUT2D eigenvalue weighted by atomic mass is 32.2. The Labute approximate surface area is 171 Å². The lowest BCUT2D eigenvalue weighted by molar-refractivity contribution is 0.201. The maximum atomic E-state index is 13.3. The largest absolute Gasteiger partial charge is 0.338 e. The van der Waals surface area contributed by atoms with Crippen molar-refractivity contribution >= 4 is 25.6 Å². The van der Waals surface area contributed by atoms with Gasteiger partial charge >= 0.3 is 0 Å². The SMILES string of the molecule is Cc1ccc(S(=O)(=O)C2CS(=O)(=O)CC2N2CCN(c3ncccn3)CC2)cc1. The molecular weight excluding hydrogens is 412 g/mol. The molecule has 2 saturated heterocycles. The highest BCUT2D eigenvalue weighted by Gasteiger charge is 2.48. The first-order chi connectivity index (χ1) is 13.8. The molecule has 0 radical (unpaired) electrons. The van der Waals surface area contributed by atoms with Gasteiger partial charge in [0.15, 0.2) is 19.7 Å². The smallest absolute Gasteiger partial charge is 0.225 e. The Balaban J connectivity index is 1.55. The predicted octanol–water partition coefficient (Wildman–Crippen LogP) is 0.547. The number of anilines is 1. The van der Waals surface area contributed by atoms with Crippen molar-refractivity contribution in [1.82, 2.24) is 14.9 Å². The van der Waals surface area contributed by atoms with Crippen LogP contribution in [-0.4, -0.2) is 80.7 Å². The fourth-order valence-electron chi connectivity index (χ4n) is 4.04. The van der Waals surface area contributed by atoms with Gasteiger partial charge in [0.05, 0.1) is 21.7 Å². The normalized spacial score (nSPS) is 25.2. The van der Waals surface area contributed by atoms with E-state index in [-0.39, 0.29) is 16.4 Å². The second-order valence-electron chi connectivity index (χ2n) is 7.61. The molecule has 2 unspecified atom stereocenters. The molecule has 1 aromatic carbocycles. The number of aromatic nitrogens is 2. The standard InChI is InChI=1S/C19H24N4O4S2/c1-15-3-5-16(6-4-15)29(26,27)18-14-28(24,25)13-17(18)22-9-11-23(12-10-22)19-20-7-2-8-21-19/h2-8,17-18H,9-14H2,1H3. The van der Waals surface area contributed by atoms with E-state index in [0.717, 1.165) is 5.56 Å². The number of hydrogen-bond donors (Lipinski definition) is 0. The number of rotatable bonds is 4. The third-order valence-corrected chi connectivity index (χ3v) is 9.77. The molecule has 4 rings (SSSR count). The van der Waals surface area contributed by atoms with Crippen molar-refractivity contribution < 1.29 is 16.8 Å². The zero-order valence-corrected chi connectivity index (χ0v) is 17.8. The van der Waals surface area contributed by atoms with Crippen molar-refractivity contribution in [3.05, 3.63) is 48.3 Å². The van der Waals surface area contributed by atoms with Gasteiger partial charge in [-0.1, -0.05) is 17.7 Å². The molecule has 2 aromatic rings. The number of sulfone groups is 2.